The molecule has 1 atom stereocenters. The standard InChI is InChI=1S/C27H37O2P/c1-16(2)15-30(25(28)23-18(4)11-17(3)12-19(23)5)26(29)24-20(6)13-22(14-21(24)7)27(8,9)10/h11-14,16H,15H2,1-10H3. The van der Waals surface area contributed by atoms with Gasteiger partial charge in [0.2, 0.25) is 0 Å². The van der Waals surface area contributed by atoms with Gasteiger partial charge in [0.1, 0.15) is 0 Å². The SMILES string of the molecule is Cc1cc(C)c(C(=O)P(CC(C)C)C(=O)c2c(C)cc(C(C)(C)C)cc2C)c(C)c1. The molecule has 2 aromatic rings. The lowest BCUT2D eigenvalue weighted by molar-refractivity contribution is 0.105. The first-order valence-corrected chi connectivity index (χ1v) is 12.3. The van der Waals surface area contributed by atoms with Gasteiger partial charge in [0.25, 0.3) is 0 Å². The molecule has 0 aliphatic heterocycles. The van der Waals surface area contributed by atoms with Crippen molar-refractivity contribution >= 4 is 19.0 Å². The third kappa shape index (κ3) is 5.27. The predicted molar refractivity (Wildman–Crippen MR) is 131 cm³/mol. The Bertz CT molecular complexity index is 931. The molecule has 0 saturated heterocycles. The summed E-state index contributed by atoms with van der Waals surface area (Å²) in [6.45, 7) is 20.7. The van der Waals surface area contributed by atoms with E-state index >= 15 is 0 Å². The van der Waals surface area contributed by atoms with E-state index in [1.807, 2.05) is 46.8 Å². The lowest BCUT2D eigenvalue weighted by atomic mass is 9.84. The van der Waals surface area contributed by atoms with Gasteiger partial charge in [0, 0.05) is 19.0 Å². The van der Waals surface area contributed by atoms with E-state index in [1.54, 1.807) is 0 Å². The Labute approximate surface area is 184 Å². The van der Waals surface area contributed by atoms with Crippen LogP contribution in [0.15, 0.2) is 24.3 Å². The van der Waals surface area contributed by atoms with Crippen LogP contribution in [0.4, 0.5) is 0 Å². The molecule has 162 valence electrons. The zero-order valence-electron chi connectivity index (χ0n) is 20.4. The molecule has 0 saturated carbocycles. The summed E-state index contributed by atoms with van der Waals surface area (Å²) < 4.78 is 0. The molecule has 1 unspecified atom stereocenters. The van der Waals surface area contributed by atoms with Gasteiger partial charge in [0.05, 0.1) is 0 Å². The van der Waals surface area contributed by atoms with Crippen molar-refractivity contribution in [2.75, 3.05) is 6.16 Å². The van der Waals surface area contributed by atoms with Gasteiger partial charge < -0.3 is 0 Å². The van der Waals surface area contributed by atoms with Gasteiger partial charge in [0.15, 0.2) is 11.0 Å². The molecule has 0 aliphatic rings. The molecule has 0 aliphatic carbocycles. The fourth-order valence-corrected chi connectivity index (χ4v) is 6.64. The normalized spacial score (nSPS) is 12.9. The van der Waals surface area contributed by atoms with E-state index in [9.17, 15) is 9.59 Å². The highest BCUT2D eigenvalue weighted by atomic mass is 31.1. The van der Waals surface area contributed by atoms with Crippen molar-refractivity contribution in [1.82, 2.24) is 0 Å². The van der Waals surface area contributed by atoms with E-state index in [-0.39, 0.29) is 22.4 Å². The van der Waals surface area contributed by atoms with E-state index in [0.29, 0.717) is 6.16 Å². The number of benzene rings is 2. The van der Waals surface area contributed by atoms with Crippen molar-refractivity contribution in [2.24, 2.45) is 5.92 Å². The first kappa shape index (κ1) is 24.5. The van der Waals surface area contributed by atoms with Crippen LogP contribution in [0.3, 0.4) is 0 Å². The number of aryl methyl sites for hydroxylation is 5. The van der Waals surface area contributed by atoms with Crippen molar-refractivity contribution in [3.8, 4) is 0 Å². The molecule has 0 spiro atoms. The van der Waals surface area contributed by atoms with Crippen LogP contribution in [0.5, 0.6) is 0 Å². The quantitative estimate of drug-likeness (QED) is 0.446. The van der Waals surface area contributed by atoms with Gasteiger partial charge >= 0.3 is 0 Å². The maximum Gasteiger partial charge on any atom is 0.192 e. The van der Waals surface area contributed by atoms with Crippen LogP contribution in [0.1, 0.15) is 88.7 Å². The summed E-state index contributed by atoms with van der Waals surface area (Å²) in [7, 11) is -1.47. The molecule has 2 nitrogen and oxygen atoms in total. The minimum Gasteiger partial charge on any atom is -0.289 e. The maximum absolute atomic E-state index is 13.8. The number of carbonyl (C=O) groups is 2. The van der Waals surface area contributed by atoms with Crippen molar-refractivity contribution < 1.29 is 9.59 Å². The average molecular weight is 425 g/mol. The van der Waals surface area contributed by atoms with Crippen LogP contribution < -0.4 is 0 Å². The highest BCUT2D eigenvalue weighted by Crippen LogP contribution is 2.47. The minimum absolute atomic E-state index is 0.0196. The van der Waals surface area contributed by atoms with Crippen LogP contribution in [0.25, 0.3) is 0 Å². The van der Waals surface area contributed by atoms with Crippen molar-refractivity contribution in [1.29, 1.82) is 0 Å². The Kier molecular flexibility index (Phi) is 7.46. The van der Waals surface area contributed by atoms with E-state index < -0.39 is 7.92 Å². The first-order chi connectivity index (χ1) is 13.7. The molecule has 0 aromatic heterocycles. The molecule has 0 radical (unpaired) electrons. The second-order valence-corrected chi connectivity index (χ2v) is 12.2. The smallest absolute Gasteiger partial charge is 0.192 e. The number of hydrogen-bond donors (Lipinski definition) is 0. The van der Waals surface area contributed by atoms with E-state index in [1.165, 1.54) is 5.56 Å². The maximum atomic E-state index is 13.8. The topological polar surface area (TPSA) is 34.1 Å². The zero-order valence-corrected chi connectivity index (χ0v) is 21.3. The highest BCUT2D eigenvalue weighted by molar-refractivity contribution is 7.90. The van der Waals surface area contributed by atoms with Crippen LogP contribution in [-0.2, 0) is 5.41 Å². The van der Waals surface area contributed by atoms with Crippen LogP contribution in [0, 0.1) is 40.5 Å². The van der Waals surface area contributed by atoms with Crippen LogP contribution in [-0.4, -0.2) is 17.2 Å². The molecule has 2 rings (SSSR count). The van der Waals surface area contributed by atoms with Crippen molar-refractivity contribution in [3.63, 3.8) is 0 Å². The van der Waals surface area contributed by atoms with Gasteiger partial charge in [-0.1, -0.05) is 64.4 Å². The lowest BCUT2D eigenvalue weighted by Crippen LogP contribution is -2.17. The monoisotopic (exact) mass is 424 g/mol. The minimum atomic E-state index is -1.47. The summed E-state index contributed by atoms with van der Waals surface area (Å²) in [6.07, 6.45) is 0.625. The molecule has 0 heterocycles. The fraction of sp³-hybridized carbons (Fsp3) is 0.481. The van der Waals surface area contributed by atoms with Gasteiger partial charge in [-0.25, -0.2) is 0 Å². The fourth-order valence-electron chi connectivity index (χ4n) is 4.14. The molecular weight excluding hydrogens is 387 g/mol. The summed E-state index contributed by atoms with van der Waals surface area (Å²) >= 11 is 0. The number of hydrogen-bond acceptors (Lipinski definition) is 2. The molecular formula is C27H37O2P. The van der Waals surface area contributed by atoms with E-state index in [4.69, 9.17) is 0 Å². The Morgan fingerprint density at radius 2 is 1.13 bits per heavy atom. The summed E-state index contributed by atoms with van der Waals surface area (Å²) in [5.41, 5.74) is 7.81. The largest absolute Gasteiger partial charge is 0.289 e. The van der Waals surface area contributed by atoms with Crippen LogP contribution >= 0.6 is 7.92 Å². The number of rotatable bonds is 6. The first-order valence-electron chi connectivity index (χ1n) is 10.8. The summed E-state index contributed by atoms with van der Waals surface area (Å²) in [5.74, 6) is 0.282. The van der Waals surface area contributed by atoms with Crippen molar-refractivity contribution in [2.45, 2.75) is 74.7 Å². The van der Waals surface area contributed by atoms with Crippen molar-refractivity contribution in [3.05, 3.63) is 68.8 Å². The highest BCUT2D eigenvalue weighted by Gasteiger charge is 2.32. The molecule has 0 amide bonds. The third-order valence-corrected chi connectivity index (χ3v) is 8.06. The van der Waals surface area contributed by atoms with Gasteiger partial charge in [-0.2, -0.15) is 0 Å². The lowest BCUT2D eigenvalue weighted by Gasteiger charge is -2.24. The Morgan fingerprint density at radius 3 is 1.47 bits per heavy atom. The second-order valence-electron chi connectivity index (χ2n) is 10.1. The van der Waals surface area contributed by atoms with Crippen LogP contribution in [0.2, 0.25) is 0 Å². The summed E-state index contributed by atoms with van der Waals surface area (Å²) in [5, 5.41) is 0. The third-order valence-electron chi connectivity index (χ3n) is 5.54. The van der Waals surface area contributed by atoms with Gasteiger partial charge in [-0.3, -0.25) is 9.59 Å². The Balaban J connectivity index is 2.59. The molecule has 0 fully saturated rings. The summed E-state index contributed by atoms with van der Waals surface area (Å²) in [6, 6.07) is 8.33. The Hall–Kier alpha value is -1.79. The second kappa shape index (κ2) is 9.15. The van der Waals surface area contributed by atoms with Gasteiger partial charge in [-0.15, -0.1) is 0 Å². The molecule has 3 heteroatoms. The average Bonchev–Trinajstić information content (AvgIpc) is 2.56. The van der Waals surface area contributed by atoms with Gasteiger partial charge in [-0.05, 0) is 79.9 Å². The zero-order chi connectivity index (χ0) is 23.0. The molecule has 0 bridgehead atoms. The number of carbonyl (C=O) groups excluding carboxylic acids is 2. The van der Waals surface area contributed by atoms with E-state index in [2.05, 4.69) is 46.8 Å². The molecule has 2 aromatic carbocycles. The Morgan fingerprint density at radius 1 is 0.767 bits per heavy atom. The molecule has 0 N–H and O–H groups in total. The summed E-state index contributed by atoms with van der Waals surface area (Å²) in [4.78, 5) is 27.5. The van der Waals surface area contributed by atoms with E-state index in [0.717, 1.165) is 38.9 Å². The predicted octanol–water partition coefficient (Wildman–Crippen LogP) is 7.64. The molecule has 30 heavy (non-hydrogen) atoms.